The fourth-order valence-corrected chi connectivity index (χ4v) is 2.70. The maximum Gasteiger partial charge on any atom is 0.344 e. The van der Waals surface area contributed by atoms with Gasteiger partial charge in [0.25, 0.3) is 0 Å². The van der Waals surface area contributed by atoms with Crippen LogP contribution in [0, 0.1) is 6.92 Å². The molecule has 1 aromatic carbocycles. The summed E-state index contributed by atoms with van der Waals surface area (Å²) in [7, 11) is 2.01. The Morgan fingerprint density at radius 1 is 1.41 bits per heavy atom. The van der Waals surface area contributed by atoms with E-state index in [4.69, 9.17) is 9.84 Å². The number of ether oxygens (including phenoxy) is 1. The van der Waals surface area contributed by atoms with Crippen molar-refractivity contribution in [3.8, 4) is 5.75 Å². The molecule has 1 N–H and O–H groups in total. The Bertz CT molecular complexity index is 642. The largest absolute Gasteiger partial charge is 0.479 e. The van der Waals surface area contributed by atoms with E-state index in [9.17, 15) is 4.79 Å². The topological polar surface area (TPSA) is 62.7 Å². The van der Waals surface area contributed by atoms with Gasteiger partial charge in [0, 0.05) is 24.0 Å². The third-order valence-electron chi connectivity index (χ3n) is 3.16. The van der Waals surface area contributed by atoms with Crippen LogP contribution in [0.1, 0.15) is 23.2 Å². The average Bonchev–Trinajstić information content (AvgIpc) is 2.86. The standard InChI is InChI=1S/C16H20N2O3S/c1-11(16(19)20)21-15-7-5-4-6-13(15)8-18(3)9-14-10-22-12(2)17-14/h4-7,10-11H,8-9H2,1-3H3,(H,19,20). The van der Waals surface area contributed by atoms with Gasteiger partial charge in [-0.2, -0.15) is 0 Å². The first-order valence-corrected chi connectivity index (χ1v) is 7.90. The van der Waals surface area contributed by atoms with Crippen LogP contribution >= 0.6 is 11.3 Å². The highest BCUT2D eigenvalue weighted by Gasteiger charge is 2.15. The number of para-hydroxylation sites is 1. The lowest BCUT2D eigenvalue weighted by atomic mass is 10.2. The molecule has 0 saturated carbocycles. The molecule has 6 heteroatoms. The fraction of sp³-hybridized carbons (Fsp3) is 0.375. The minimum absolute atomic E-state index is 0.610. The van der Waals surface area contributed by atoms with Crippen molar-refractivity contribution in [2.75, 3.05) is 7.05 Å². The van der Waals surface area contributed by atoms with Crippen LogP contribution in [0.25, 0.3) is 0 Å². The Balaban J connectivity index is 2.04. The Morgan fingerprint density at radius 2 is 2.14 bits per heavy atom. The molecule has 1 unspecified atom stereocenters. The van der Waals surface area contributed by atoms with E-state index in [1.807, 2.05) is 32.2 Å². The number of thiazole rings is 1. The second-order valence-electron chi connectivity index (χ2n) is 5.24. The molecule has 0 radical (unpaired) electrons. The van der Waals surface area contributed by atoms with Gasteiger partial charge in [-0.1, -0.05) is 18.2 Å². The van der Waals surface area contributed by atoms with Gasteiger partial charge >= 0.3 is 5.97 Å². The summed E-state index contributed by atoms with van der Waals surface area (Å²) >= 11 is 1.64. The zero-order valence-electron chi connectivity index (χ0n) is 12.9. The fourth-order valence-electron chi connectivity index (χ4n) is 2.09. The molecular weight excluding hydrogens is 300 g/mol. The monoisotopic (exact) mass is 320 g/mol. The Hall–Kier alpha value is -1.92. The number of carboxylic acid groups (broad SMARTS) is 1. The number of carbonyl (C=O) groups is 1. The summed E-state index contributed by atoms with van der Waals surface area (Å²) in [6.07, 6.45) is -0.868. The van der Waals surface area contributed by atoms with Crippen molar-refractivity contribution >= 4 is 17.3 Å². The number of nitrogens with zero attached hydrogens (tertiary/aromatic N) is 2. The van der Waals surface area contributed by atoms with Crippen molar-refractivity contribution in [2.45, 2.75) is 33.0 Å². The number of carboxylic acids is 1. The number of rotatable bonds is 7. The van der Waals surface area contributed by atoms with Gasteiger partial charge in [-0.15, -0.1) is 11.3 Å². The van der Waals surface area contributed by atoms with Gasteiger partial charge in [0.2, 0.25) is 0 Å². The highest BCUT2D eigenvalue weighted by atomic mass is 32.1. The Kier molecular flexibility index (Phi) is 5.51. The van der Waals surface area contributed by atoms with E-state index in [0.717, 1.165) is 22.8 Å². The first kappa shape index (κ1) is 16.5. The maximum atomic E-state index is 10.9. The van der Waals surface area contributed by atoms with Gasteiger partial charge in [-0.3, -0.25) is 4.90 Å². The van der Waals surface area contributed by atoms with Crippen molar-refractivity contribution in [3.63, 3.8) is 0 Å². The van der Waals surface area contributed by atoms with Crippen LogP contribution in [-0.2, 0) is 17.9 Å². The van der Waals surface area contributed by atoms with E-state index in [1.165, 1.54) is 6.92 Å². The van der Waals surface area contributed by atoms with Crippen LogP contribution < -0.4 is 4.74 Å². The van der Waals surface area contributed by atoms with Gasteiger partial charge in [-0.05, 0) is 27.0 Å². The van der Waals surface area contributed by atoms with E-state index in [2.05, 4.69) is 15.3 Å². The van der Waals surface area contributed by atoms with Crippen LogP contribution in [0.15, 0.2) is 29.6 Å². The lowest BCUT2D eigenvalue weighted by molar-refractivity contribution is -0.144. The zero-order valence-corrected chi connectivity index (χ0v) is 13.8. The smallest absolute Gasteiger partial charge is 0.344 e. The summed E-state index contributed by atoms with van der Waals surface area (Å²) in [5.41, 5.74) is 2.01. The molecule has 0 fully saturated rings. The van der Waals surface area contributed by atoms with E-state index in [0.29, 0.717) is 12.3 Å². The molecule has 1 aromatic heterocycles. The molecule has 0 amide bonds. The number of hydrogen-bond acceptors (Lipinski definition) is 5. The molecule has 0 aliphatic carbocycles. The first-order valence-electron chi connectivity index (χ1n) is 7.02. The molecule has 2 rings (SSSR count). The average molecular weight is 320 g/mol. The summed E-state index contributed by atoms with van der Waals surface area (Å²) in [6, 6.07) is 7.52. The van der Waals surface area contributed by atoms with Crippen LogP contribution in [0.5, 0.6) is 5.75 Å². The van der Waals surface area contributed by atoms with Crippen molar-refractivity contribution in [2.24, 2.45) is 0 Å². The van der Waals surface area contributed by atoms with Gasteiger partial charge in [0.1, 0.15) is 5.75 Å². The number of hydrogen-bond donors (Lipinski definition) is 1. The number of benzene rings is 1. The number of aromatic nitrogens is 1. The first-order chi connectivity index (χ1) is 10.5. The van der Waals surface area contributed by atoms with Gasteiger partial charge in [0.05, 0.1) is 10.7 Å². The molecule has 1 atom stereocenters. The summed E-state index contributed by atoms with van der Waals surface area (Å²) in [5.74, 6) is -0.361. The van der Waals surface area contributed by atoms with Gasteiger partial charge in [0.15, 0.2) is 6.10 Å². The molecule has 0 spiro atoms. The van der Waals surface area contributed by atoms with Gasteiger partial charge < -0.3 is 9.84 Å². The second kappa shape index (κ2) is 7.38. The van der Waals surface area contributed by atoms with Crippen LogP contribution in [0.4, 0.5) is 0 Å². The molecular formula is C16H20N2O3S. The maximum absolute atomic E-state index is 10.9. The molecule has 5 nitrogen and oxygen atoms in total. The van der Waals surface area contributed by atoms with E-state index in [1.54, 1.807) is 17.4 Å². The van der Waals surface area contributed by atoms with E-state index < -0.39 is 12.1 Å². The highest BCUT2D eigenvalue weighted by Crippen LogP contribution is 2.21. The third kappa shape index (κ3) is 4.54. The Morgan fingerprint density at radius 3 is 2.77 bits per heavy atom. The summed E-state index contributed by atoms with van der Waals surface area (Å²) in [5, 5.41) is 12.1. The summed E-state index contributed by atoms with van der Waals surface area (Å²) in [4.78, 5) is 17.5. The second-order valence-corrected chi connectivity index (χ2v) is 6.30. The zero-order chi connectivity index (χ0) is 16.1. The third-order valence-corrected chi connectivity index (χ3v) is 3.99. The molecule has 22 heavy (non-hydrogen) atoms. The van der Waals surface area contributed by atoms with E-state index in [-0.39, 0.29) is 0 Å². The van der Waals surface area contributed by atoms with Crippen molar-refractivity contribution in [3.05, 3.63) is 45.9 Å². The number of aryl methyl sites for hydroxylation is 1. The summed E-state index contributed by atoms with van der Waals surface area (Å²) in [6.45, 7) is 4.93. The van der Waals surface area contributed by atoms with Crippen molar-refractivity contribution < 1.29 is 14.6 Å². The number of aliphatic carboxylic acids is 1. The Labute approximate surface area is 134 Å². The minimum atomic E-state index is -0.971. The van der Waals surface area contributed by atoms with Crippen LogP contribution in [0.3, 0.4) is 0 Å². The van der Waals surface area contributed by atoms with Crippen LogP contribution in [-0.4, -0.2) is 34.1 Å². The molecule has 1 heterocycles. The molecule has 0 aliphatic rings. The van der Waals surface area contributed by atoms with Gasteiger partial charge in [-0.25, -0.2) is 9.78 Å². The minimum Gasteiger partial charge on any atom is -0.479 e. The SMILES string of the molecule is Cc1nc(CN(C)Cc2ccccc2OC(C)C(=O)O)cs1. The van der Waals surface area contributed by atoms with E-state index >= 15 is 0 Å². The lowest BCUT2D eigenvalue weighted by Crippen LogP contribution is -2.24. The summed E-state index contributed by atoms with van der Waals surface area (Å²) < 4.78 is 5.52. The van der Waals surface area contributed by atoms with Crippen molar-refractivity contribution in [1.82, 2.24) is 9.88 Å². The molecule has 0 aliphatic heterocycles. The van der Waals surface area contributed by atoms with Crippen molar-refractivity contribution in [1.29, 1.82) is 0 Å². The predicted octanol–water partition coefficient (Wildman–Crippen LogP) is 2.94. The molecule has 118 valence electrons. The van der Waals surface area contributed by atoms with Crippen LogP contribution in [0.2, 0.25) is 0 Å². The normalized spacial score (nSPS) is 12.4. The molecule has 2 aromatic rings. The highest BCUT2D eigenvalue weighted by molar-refractivity contribution is 7.09. The molecule has 0 bridgehead atoms. The lowest BCUT2D eigenvalue weighted by Gasteiger charge is -2.19. The quantitative estimate of drug-likeness (QED) is 0.850. The predicted molar refractivity (Wildman–Crippen MR) is 86.2 cm³/mol. The molecule has 0 saturated heterocycles.